The predicted molar refractivity (Wildman–Crippen MR) is 155 cm³/mol. The summed E-state index contributed by atoms with van der Waals surface area (Å²) in [5, 5.41) is 53.9. The number of rotatable bonds is 8. The minimum Gasteiger partial charge on any atom is -0.393 e. The number of hydrogen-bond donors (Lipinski definition) is 5. The third kappa shape index (κ3) is 5.39. The third-order valence-electron chi connectivity index (χ3n) is 12.0. The monoisotopic (exact) mass is 578 g/mol. The van der Waals surface area contributed by atoms with E-state index in [0.29, 0.717) is 24.7 Å². The predicted octanol–water partition coefficient (Wildman–Crippen LogP) is 3.34. The smallest absolute Gasteiger partial charge is 0.186 e. The molecule has 0 radical (unpaired) electrons. The van der Waals surface area contributed by atoms with Crippen LogP contribution in [0, 0.1) is 40.4 Å². The molecule has 0 aromatic rings. The van der Waals surface area contributed by atoms with Crippen LogP contribution in [0.5, 0.6) is 0 Å². The van der Waals surface area contributed by atoms with Gasteiger partial charge in [-0.25, -0.2) is 0 Å². The topological polar surface area (TPSA) is 129 Å². The van der Waals surface area contributed by atoms with Gasteiger partial charge in [-0.1, -0.05) is 46.8 Å². The van der Waals surface area contributed by atoms with Gasteiger partial charge in [0.05, 0.1) is 31.0 Å². The van der Waals surface area contributed by atoms with E-state index in [-0.39, 0.29) is 41.3 Å². The summed E-state index contributed by atoms with van der Waals surface area (Å²) >= 11 is 0. The van der Waals surface area contributed by atoms with Crippen molar-refractivity contribution in [2.45, 2.75) is 129 Å². The van der Waals surface area contributed by atoms with E-state index in [1.165, 1.54) is 18.3 Å². The summed E-state index contributed by atoms with van der Waals surface area (Å²) in [6, 6.07) is 0. The van der Waals surface area contributed by atoms with Crippen molar-refractivity contribution in [1.82, 2.24) is 0 Å². The average molecular weight is 579 g/mol. The molecule has 14 atom stereocenters. The van der Waals surface area contributed by atoms with Crippen molar-refractivity contribution in [3.63, 3.8) is 0 Å². The van der Waals surface area contributed by atoms with Crippen molar-refractivity contribution >= 4 is 0 Å². The molecule has 5 aliphatic rings. The van der Waals surface area contributed by atoms with Gasteiger partial charge in [-0.2, -0.15) is 0 Å². The summed E-state index contributed by atoms with van der Waals surface area (Å²) in [5.41, 5.74) is 2.32. The summed E-state index contributed by atoms with van der Waals surface area (Å²) < 4.78 is 17.3. The van der Waals surface area contributed by atoms with Crippen molar-refractivity contribution in [3.8, 4) is 0 Å². The molecule has 1 saturated heterocycles. The van der Waals surface area contributed by atoms with Gasteiger partial charge < -0.3 is 39.7 Å². The van der Waals surface area contributed by atoms with E-state index < -0.39 is 42.9 Å². The van der Waals surface area contributed by atoms with Crippen LogP contribution in [-0.2, 0) is 14.2 Å². The first kappa shape index (κ1) is 31.6. The Morgan fingerprint density at radius 2 is 1.76 bits per heavy atom. The Labute approximate surface area is 245 Å². The number of allylic oxidation sites excluding steroid dienone is 3. The lowest BCUT2D eigenvalue weighted by molar-refractivity contribution is -0.302. The summed E-state index contributed by atoms with van der Waals surface area (Å²) in [7, 11) is 1.45. The zero-order valence-corrected chi connectivity index (χ0v) is 25.8. The van der Waals surface area contributed by atoms with Crippen molar-refractivity contribution < 1.29 is 39.7 Å². The Balaban J connectivity index is 1.32. The Bertz CT molecular complexity index is 996. The van der Waals surface area contributed by atoms with E-state index in [1.807, 2.05) is 0 Å². The van der Waals surface area contributed by atoms with Crippen LogP contribution >= 0.6 is 0 Å². The molecule has 41 heavy (non-hydrogen) atoms. The first-order valence-electron chi connectivity index (χ1n) is 15.9. The van der Waals surface area contributed by atoms with Crippen LogP contribution in [0.4, 0.5) is 0 Å². The Kier molecular flexibility index (Phi) is 9.18. The van der Waals surface area contributed by atoms with Crippen LogP contribution in [0.15, 0.2) is 23.3 Å². The summed E-state index contributed by atoms with van der Waals surface area (Å²) in [6.07, 6.45) is 4.63. The molecule has 8 heteroatoms. The van der Waals surface area contributed by atoms with Gasteiger partial charge in [-0.15, -0.1) is 0 Å². The summed E-state index contributed by atoms with van der Waals surface area (Å²) in [4.78, 5) is 0. The number of aliphatic hydroxyl groups is 5. The molecule has 0 aromatic heterocycles. The lowest BCUT2D eigenvalue weighted by Gasteiger charge is -2.55. The molecule has 234 valence electrons. The molecule has 0 amide bonds. The molecule has 4 aliphatic carbocycles. The minimum absolute atomic E-state index is 0.0298. The normalized spacial score (nSPS) is 47.6. The largest absolute Gasteiger partial charge is 0.393 e. The number of aliphatic hydroxyl groups excluding tert-OH is 5. The average Bonchev–Trinajstić information content (AvgIpc) is 3.21. The number of methoxy groups -OCH3 is 1. The second kappa shape index (κ2) is 11.9. The maximum absolute atomic E-state index is 11.6. The van der Waals surface area contributed by atoms with Crippen LogP contribution < -0.4 is 0 Å². The highest BCUT2D eigenvalue weighted by atomic mass is 16.7. The highest BCUT2D eigenvalue weighted by molar-refractivity contribution is 5.47. The number of fused-ring (bicyclic) bond motifs is 5. The van der Waals surface area contributed by atoms with E-state index >= 15 is 0 Å². The number of ether oxygens (including phenoxy) is 3. The van der Waals surface area contributed by atoms with Gasteiger partial charge in [0.25, 0.3) is 0 Å². The molecule has 8 nitrogen and oxygen atoms in total. The molecule has 1 aliphatic heterocycles. The lowest BCUT2D eigenvalue weighted by atomic mass is 9.51. The zero-order chi connectivity index (χ0) is 29.9. The van der Waals surface area contributed by atoms with Crippen LogP contribution in [0.25, 0.3) is 0 Å². The molecule has 3 fully saturated rings. The van der Waals surface area contributed by atoms with Crippen molar-refractivity contribution in [3.05, 3.63) is 23.3 Å². The van der Waals surface area contributed by atoms with Crippen LogP contribution in [0.1, 0.15) is 79.6 Å². The standard InChI is InChI=1S/C33H54O8/c1-17(2)23(34)10-7-18(3)22-15-24(35)27-19-8-9-21-28(37)26(41-31-30(39-6)29(38)25(36)16-40-31)12-14-32(21,4)20(19)11-13-33(22,27)5/h8,11,17-18,21-31,34-38H,7,9-10,12-16H2,1-6H3/t18-,21?,22-,23+,24-,25?,26+,27?,28-,29?,30?,31?,32-,33-/m1/s1. The molecule has 0 spiro atoms. The molecule has 0 aromatic carbocycles. The highest BCUT2D eigenvalue weighted by Crippen LogP contribution is 2.65. The van der Waals surface area contributed by atoms with Gasteiger partial charge in [0.15, 0.2) is 6.29 Å². The van der Waals surface area contributed by atoms with E-state index in [4.69, 9.17) is 14.2 Å². The van der Waals surface area contributed by atoms with Crippen LogP contribution in [0.2, 0.25) is 0 Å². The van der Waals surface area contributed by atoms with E-state index in [9.17, 15) is 25.5 Å². The van der Waals surface area contributed by atoms with E-state index in [1.54, 1.807) is 0 Å². The fourth-order valence-electron chi connectivity index (χ4n) is 9.31. The van der Waals surface area contributed by atoms with Gasteiger partial charge in [-0.05, 0) is 84.7 Å². The second-order valence-corrected chi connectivity index (χ2v) is 14.7. The molecular weight excluding hydrogens is 524 g/mol. The van der Waals surface area contributed by atoms with Crippen molar-refractivity contribution in [2.24, 2.45) is 40.4 Å². The molecular formula is C33H54O8. The summed E-state index contributed by atoms with van der Waals surface area (Å²) in [6.45, 7) is 11.0. The van der Waals surface area contributed by atoms with Crippen molar-refractivity contribution in [1.29, 1.82) is 0 Å². The molecule has 6 unspecified atom stereocenters. The Morgan fingerprint density at radius 1 is 1.02 bits per heavy atom. The van der Waals surface area contributed by atoms with Gasteiger partial charge in [-0.3, -0.25) is 0 Å². The molecule has 5 N–H and O–H groups in total. The third-order valence-corrected chi connectivity index (χ3v) is 12.0. The molecule has 0 bridgehead atoms. The fraction of sp³-hybridized carbons (Fsp3) is 0.879. The zero-order valence-electron chi connectivity index (χ0n) is 25.8. The van der Waals surface area contributed by atoms with Crippen molar-refractivity contribution in [2.75, 3.05) is 13.7 Å². The molecule has 5 rings (SSSR count). The Hall–Kier alpha value is -0.840. The quantitative estimate of drug-likeness (QED) is 0.297. The SMILES string of the molecule is COC1C(O[C@H]2CC[C@]3(C)C4=CC[C@@]5(C)C(C4=CCC3[C@H]2O)[C@H](O)C[C@@H]5[C@H](C)CC[C@H](O)C(C)C)OCC(O)C1O. The molecule has 1 heterocycles. The highest BCUT2D eigenvalue weighted by Gasteiger charge is 2.60. The molecule has 2 saturated carbocycles. The van der Waals surface area contributed by atoms with Gasteiger partial charge in [0.2, 0.25) is 0 Å². The number of hydrogen-bond acceptors (Lipinski definition) is 8. The maximum atomic E-state index is 11.6. The Morgan fingerprint density at radius 3 is 2.44 bits per heavy atom. The van der Waals surface area contributed by atoms with Crippen LogP contribution in [0.3, 0.4) is 0 Å². The minimum atomic E-state index is -1.11. The van der Waals surface area contributed by atoms with Gasteiger partial charge >= 0.3 is 0 Å². The lowest BCUT2D eigenvalue weighted by Crippen LogP contribution is -2.58. The van der Waals surface area contributed by atoms with E-state index in [2.05, 4.69) is 46.8 Å². The second-order valence-electron chi connectivity index (χ2n) is 14.7. The fourth-order valence-corrected chi connectivity index (χ4v) is 9.31. The van der Waals surface area contributed by atoms with Gasteiger partial charge in [0, 0.05) is 18.9 Å². The van der Waals surface area contributed by atoms with Crippen LogP contribution in [-0.4, -0.2) is 88.3 Å². The summed E-state index contributed by atoms with van der Waals surface area (Å²) in [5.74, 6) is 1.11. The first-order valence-corrected chi connectivity index (χ1v) is 15.9. The van der Waals surface area contributed by atoms with Gasteiger partial charge in [0.1, 0.15) is 18.3 Å². The van der Waals surface area contributed by atoms with E-state index in [0.717, 1.165) is 32.1 Å². The first-order chi connectivity index (χ1) is 19.3. The maximum Gasteiger partial charge on any atom is 0.186 e.